The van der Waals surface area contributed by atoms with E-state index < -0.39 is 17.7 Å². The predicted octanol–water partition coefficient (Wildman–Crippen LogP) is 6.10. The van der Waals surface area contributed by atoms with Crippen LogP contribution in [0.25, 0.3) is 16.0 Å². The molecule has 0 bridgehead atoms. The van der Waals surface area contributed by atoms with Gasteiger partial charge in [-0.1, -0.05) is 72.5 Å². The van der Waals surface area contributed by atoms with Crippen molar-refractivity contribution < 1.29 is 19.4 Å². The molecular weight excluding hydrogens is 472 g/mol. The molecule has 3 aromatic carbocycles. The number of ether oxygens (including phenoxy) is 1. The summed E-state index contributed by atoms with van der Waals surface area (Å²) in [5.41, 5.74) is 4.02. The number of nitrogens with zero attached hydrogens (tertiary/aromatic N) is 2. The van der Waals surface area contributed by atoms with Gasteiger partial charge in [-0.25, -0.2) is 4.98 Å². The summed E-state index contributed by atoms with van der Waals surface area (Å²) < 4.78 is 6.53. The number of anilines is 1. The van der Waals surface area contributed by atoms with Crippen molar-refractivity contribution in [3.05, 3.63) is 107 Å². The number of carbonyl (C=O) groups is 2. The second kappa shape index (κ2) is 9.43. The number of fused-ring (bicyclic) bond motifs is 1. The molecule has 1 saturated heterocycles. The van der Waals surface area contributed by atoms with E-state index in [0.29, 0.717) is 28.6 Å². The van der Waals surface area contributed by atoms with Gasteiger partial charge in [0.25, 0.3) is 5.78 Å². The van der Waals surface area contributed by atoms with E-state index in [-0.39, 0.29) is 11.3 Å². The molecule has 2 heterocycles. The third-order valence-corrected chi connectivity index (χ3v) is 7.08. The summed E-state index contributed by atoms with van der Waals surface area (Å²) >= 11 is 1.35. The van der Waals surface area contributed by atoms with Gasteiger partial charge in [0.1, 0.15) is 18.1 Å². The van der Waals surface area contributed by atoms with E-state index in [1.807, 2.05) is 32.0 Å². The second-order valence-electron chi connectivity index (χ2n) is 8.63. The SMILES string of the molecule is C=CCOc1ccc([C@H]2/C(=C(\O)c3ccccc3)C(=O)C(=O)N2c2nc3c(C)cc(C)cc3s2)cc1. The molecule has 6 nitrogen and oxygen atoms in total. The van der Waals surface area contributed by atoms with Crippen molar-refractivity contribution in [3.8, 4) is 5.75 Å². The summed E-state index contributed by atoms with van der Waals surface area (Å²) in [6.07, 6.45) is 1.65. The maximum atomic E-state index is 13.4. The van der Waals surface area contributed by atoms with E-state index in [2.05, 4.69) is 6.58 Å². The number of aromatic nitrogens is 1. The fourth-order valence-electron chi connectivity index (χ4n) is 4.46. The van der Waals surface area contributed by atoms with Gasteiger partial charge in [-0.3, -0.25) is 14.5 Å². The van der Waals surface area contributed by atoms with Crippen molar-refractivity contribution in [2.45, 2.75) is 19.9 Å². The van der Waals surface area contributed by atoms with Crippen LogP contribution in [0.5, 0.6) is 5.75 Å². The molecule has 1 amide bonds. The van der Waals surface area contributed by atoms with E-state index >= 15 is 0 Å². The Morgan fingerprint density at radius 1 is 1.11 bits per heavy atom. The number of rotatable bonds is 6. The average molecular weight is 497 g/mol. The van der Waals surface area contributed by atoms with Crippen LogP contribution in [0.2, 0.25) is 0 Å². The maximum Gasteiger partial charge on any atom is 0.301 e. The van der Waals surface area contributed by atoms with Crippen LogP contribution in [0.1, 0.15) is 28.3 Å². The summed E-state index contributed by atoms with van der Waals surface area (Å²) in [6, 6.07) is 19.1. The number of ketones is 1. The number of amides is 1. The first kappa shape index (κ1) is 23.5. The summed E-state index contributed by atoms with van der Waals surface area (Å²) in [6.45, 7) is 8.00. The van der Waals surface area contributed by atoms with Gasteiger partial charge < -0.3 is 9.84 Å². The smallest absolute Gasteiger partial charge is 0.301 e. The molecule has 1 atom stereocenters. The lowest BCUT2D eigenvalue weighted by Gasteiger charge is -2.23. The Bertz CT molecular complexity index is 1520. The zero-order valence-corrected chi connectivity index (χ0v) is 20.7. The molecule has 0 spiro atoms. The second-order valence-corrected chi connectivity index (χ2v) is 9.64. The summed E-state index contributed by atoms with van der Waals surface area (Å²) in [5.74, 6) is -1.07. The van der Waals surface area contributed by atoms with Gasteiger partial charge in [-0.05, 0) is 48.7 Å². The van der Waals surface area contributed by atoms with Gasteiger partial charge in [0, 0.05) is 5.56 Å². The number of benzene rings is 3. The van der Waals surface area contributed by atoms with Crippen molar-refractivity contribution in [3.63, 3.8) is 0 Å². The number of thiazole rings is 1. The first-order chi connectivity index (χ1) is 17.4. The minimum Gasteiger partial charge on any atom is -0.507 e. The number of carbonyl (C=O) groups excluding carboxylic acids is 2. The van der Waals surface area contributed by atoms with Crippen LogP contribution in [0.3, 0.4) is 0 Å². The van der Waals surface area contributed by atoms with E-state index in [1.54, 1.807) is 54.6 Å². The average Bonchev–Trinajstić information content (AvgIpc) is 3.42. The molecule has 1 N–H and O–H groups in total. The van der Waals surface area contributed by atoms with Gasteiger partial charge in [0.15, 0.2) is 5.13 Å². The molecule has 0 radical (unpaired) electrons. The number of aryl methyl sites for hydroxylation is 2. The number of aliphatic hydroxyl groups excluding tert-OH is 1. The number of Topliss-reactive ketones (excluding diaryl/α,β-unsaturated/α-hetero) is 1. The van der Waals surface area contributed by atoms with Crippen molar-refractivity contribution in [2.24, 2.45) is 0 Å². The topological polar surface area (TPSA) is 79.7 Å². The molecule has 180 valence electrons. The molecule has 1 aromatic heterocycles. The monoisotopic (exact) mass is 496 g/mol. The molecular formula is C29H24N2O4S. The van der Waals surface area contributed by atoms with Gasteiger partial charge >= 0.3 is 5.91 Å². The summed E-state index contributed by atoms with van der Waals surface area (Å²) in [7, 11) is 0. The molecule has 36 heavy (non-hydrogen) atoms. The molecule has 1 aliphatic heterocycles. The fourth-order valence-corrected chi connectivity index (χ4v) is 5.63. The Morgan fingerprint density at radius 2 is 1.83 bits per heavy atom. The minimum absolute atomic E-state index is 0.0260. The van der Waals surface area contributed by atoms with Crippen LogP contribution in [0.4, 0.5) is 5.13 Å². The molecule has 4 aromatic rings. The highest BCUT2D eigenvalue weighted by atomic mass is 32.1. The Morgan fingerprint density at radius 3 is 2.53 bits per heavy atom. The van der Waals surface area contributed by atoms with Crippen LogP contribution in [-0.2, 0) is 9.59 Å². The quantitative estimate of drug-likeness (QED) is 0.151. The van der Waals surface area contributed by atoms with Crippen molar-refractivity contribution in [1.82, 2.24) is 4.98 Å². The highest BCUT2D eigenvalue weighted by Gasteiger charge is 2.48. The molecule has 0 aliphatic carbocycles. The Kier molecular flexibility index (Phi) is 6.16. The molecule has 5 rings (SSSR count). The Labute approximate surface area is 212 Å². The standard InChI is InChI=1S/C29H24N2O4S/c1-4-14-35-21-12-10-19(11-13-21)25-23(26(32)20-8-6-5-7-9-20)27(33)28(34)31(25)29-30-24-18(3)15-17(2)16-22(24)36-29/h4-13,15-16,25,32H,1,14H2,2-3H3/b26-23+/t25-/m0/s1. The summed E-state index contributed by atoms with van der Waals surface area (Å²) in [5, 5.41) is 11.6. The lowest BCUT2D eigenvalue weighted by molar-refractivity contribution is -0.132. The molecule has 1 aliphatic rings. The normalized spacial score (nSPS) is 17.1. The van der Waals surface area contributed by atoms with Gasteiger partial charge in [0.05, 0.1) is 21.8 Å². The highest BCUT2D eigenvalue weighted by Crippen LogP contribution is 2.45. The maximum absolute atomic E-state index is 13.4. The number of hydrogen-bond acceptors (Lipinski definition) is 6. The van der Waals surface area contributed by atoms with Crippen molar-refractivity contribution in [2.75, 3.05) is 11.5 Å². The predicted molar refractivity (Wildman–Crippen MR) is 142 cm³/mol. The van der Waals surface area contributed by atoms with Crippen LogP contribution < -0.4 is 9.64 Å². The van der Waals surface area contributed by atoms with Crippen LogP contribution in [0, 0.1) is 13.8 Å². The molecule has 7 heteroatoms. The highest BCUT2D eigenvalue weighted by molar-refractivity contribution is 7.22. The fraction of sp³-hybridized carbons (Fsp3) is 0.138. The zero-order chi connectivity index (χ0) is 25.4. The Hall–Kier alpha value is -4.23. The van der Waals surface area contributed by atoms with Crippen LogP contribution >= 0.6 is 11.3 Å². The van der Waals surface area contributed by atoms with Gasteiger partial charge in [0.2, 0.25) is 0 Å². The number of hydrogen-bond donors (Lipinski definition) is 1. The minimum atomic E-state index is -0.847. The van der Waals surface area contributed by atoms with E-state index in [1.165, 1.54) is 16.2 Å². The van der Waals surface area contributed by atoms with Gasteiger partial charge in [-0.2, -0.15) is 0 Å². The first-order valence-electron chi connectivity index (χ1n) is 11.5. The van der Waals surface area contributed by atoms with E-state index in [4.69, 9.17) is 9.72 Å². The van der Waals surface area contributed by atoms with Crippen LogP contribution in [-0.4, -0.2) is 28.4 Å². The van der Waals surface area contributed by atoms with E-state index in [0.717, 1.165) is 21.3 Å². The third kappa shape index (κ3) is 4.07. The largest absolute Gasteiger partial charge is 0.507 e. The third-order valence-electron chi connectivity index (χ3n) is 6.08. The lowest BCUT2D eigenvalue weighted by atomic mass is 9.95. The first-order valence-corrected chi connectivity index (χ1v) is 12.3. The molecule has 0 unspecified atom stereocenters. The molecule has 1 fully saturated rings. The van der Waals surface area contributed by atoms with Crippen molar-refractivity contribution in [1.29, 1.82) is 0 Å². The lowest BCUT2D eigenvalue weighted by Crippen LogP contribution is -2.29. The number of aliphatic hydroxyl groups is 1. The van der Waals surface area contributed by atoms with E-state index in [9.17, 15) is 14.7 Å². The summed E-state index contributed by atoms with van der Waals surface area (Å²) in [4.78, 5) is 32.9. The molecule has 0 saturated carbocycles. The van der Waals surface area contributed by atoms with Crippen LogP contribution in [0.15, 0.2) is 85.0 Å². The van der Waals surface area contributed by atoms with Gasteiger partial charge in [-0.15, -0.1) is 0 Å². The zero-order valence-electron chi connectivity index (χ0n) is 19.9. The van der Waals surface area contributed by atoms with Crippen molar-refractivity contribution >= 4 is 44.1 Å². The Balaban J connectivity index is 1.69.